The fraction of sp³-hybridized carbons (Fsp3) is 0.400. The van der Waals surface area contributed by atoms with Gasteiger partial charge in [-0.25, -0.2) is 9.37 Å². The standard InChI is InChI=1S/C15H17FN2S/c1-15(18-13-6-7-13,14-17-8-9-19-14)10-11-2-4-12(16)5-3-11/h2-5,8-9,13,18H,6-7,10H2,1H3. The van der Waals surface area contributed by atoms with Crippen LogP contribution < -0.4 is 5.32 Å². The Morgan fingerprint density at radius 3 is 2.68 bits per heavy atom. The van der Waals surface area contributed by atoms with Crippen LogP contribution in [-0.2, 0) is 12.0 Å². The van der Waals surface area contributed by atoms with Gasteiger partial charge in [0.1, 0.15) is 10.8 Å². The number of rotatable bonds is 5. The van der Waals surface area contributed by atoms with E-state index in [0.717, 1.165) is 17.0 Å². The molecule has 19 heavy (non-hydrogen) atoms. The molecule has 1 heterocycles. The molecule has 4 heteroatoms. The Balaban J connectivity index is 1.84. The van der Waals surface area contributed by atoms with Gasteiger partial charge in [0.2, 0.25) is 0 Å². The maximum Gasteiger partial charge on any atom is 0.123 e. The Morgan fingerprint density at radius 1 is 1.37 bits per heavy atom. The average molecular weight is 276 g/mol. The van der Waals surface area contributed by atoms with E-state index in [1.54, 1.807) is 11.3 Å². The first-order chi connectivity index (χ1) is 9.16. The third-order valence-corrected chi connectivity index (χ3v) is 4.51. The molecule has 0 aliphatic heterocycles. The average Bonchev–Trinajstić information content (AvgIpc) is 3.02. The Morgan fingerprint density at radius 2 is 2.11 bits per heavy atom. The summed E-state index contributed by atoms with van der Waals surface area (Å²) in [5.41, 5.74) is 0.972. The van der Waals surface area contributed by atoms with Crippen molar-refractivity contribution < 1.29 is 4.39 Å². The van der Waals surface area contributed by atoms with Crippen LogP contribution in [0.3, 0.4) is 0 Å². The van der Waals surface area contributed by atoms with E-state index in [4.69, 9.17) is 0 Å². The zero-order chi connectivity index (χ0) is 13.3. The molecule has 1 fully saturated rings. The van der Waals surface area contributed by atoms with Gasteiger partial charge in [-0.05, 0) is 43.9 Å². The second kappa shape index (κ2) is 5.02. The normalized spacial score (nSPS) is 18.2. The van der Waals surface area contributed by atoms with Crippen molar-refractivity contribution in [3.05, 3.63) is 52.2 Å². The zero-order valence-electron chi connectivity index (χ0n) is 10.9. The summed E-state index contributed by atoms with van der Waals surface area (Å²) in [7, 11) is 0. The molecule has 1 atom stereocenters. The van der Waals surface area contributed by atoms with Gasteiger partial charge >= 0.3 is 0 Å². The number of halogens is 1. The van der Waals surface area contributed by atoms with Crippen LogP contribution in [0.5, 0.6) is 0 Å². The Kier molecular flexibility index (Phi) is 3.37. The van der Waals surface area contributed by atoms with Crippen LogP contribution in [0, 0.1) is 5.82 Å². The van der Waals surface area contributed by atoms with Crippen molar-refractivity contribution in [2.75, 3.05) is 0 Å². The predicted octanol–water partition coefficient (Wildman–Crippen LogP) is 3.49. The molecular formula is C15H17FN2S. The van der Waals surface area contributed by atoms with Crippen LogP contribution >= 0.6 is 11.3 Å². The van der Waals surface area contributed by atoms with Gasteiger partial charge in [0.25, 0.3) is 0 Å². The van der Waals surface area contributed by atoms with Gasteiger partial charge in [0, 0.05) is 17.6 Å². The smallest absolute Gasteiger partial charge is 0.123 e. The lowest BCUT2D eigenvalue weighted by Gasteiger charge is -2.29. The SMILES string of the molecule is CC(Cc1ccc(F)cc1)(NC1CC1)c1nccs1. The second-order valence-corrected chi connectivity index (χ2v) is 6.29. The molecule has 0 radical (unpaired) electrons. The van der Waals surface area contributed by atoms with E-state index in [1.807, 2.05) is 23.7 Å². The fourth-order valence-corrected chi connectivity index (χ4v) is 3.14. The van der Waals surface area contributed by atoms with Crippen LogP contribution in [0.15, 0.2) is 35.8 Å². The maximum atomic E-state index is 13.0. The van der Waals surface area contributed by atoms with E-state index >= 15 is 0 Å². The summed E-state index contributed by atoms with van der Waals surface area (Å²) in [5, 5.41) is 6.79. The molecule has 100 valence electrons. The monoisotopic (exact) mass is 276 g/mol. The lowest BCUT2D eigenvalue weighted by Crippen LogP contribution is -2.42. The molecule has 1 aliphatic carbocycles. The first-order valence-corrected chi connectivity index (χ1v) is 7.46. The number of aromatic nitrogens is 1. The van der Waals surface area contributed by atoms with Crippen molar-refractivity contribution in [2.24, 2.45) is 0 Å². The van der Waals surface area contributed by atoms with Gasteiger partial charge in [-0.1, -0.05) is 12.1 Å². The summed E-state index contributed by atoms with van der Waals surface area (Å²) in [4.78, 5) is 4.46. The molecule has 0 amide bonds. The summed E-state index contributed by atoms with van der Waals surface area (Å²) in [6.07, 6.45) is 5.16. The van der Waals surface area contributed by atoms with E-state index in [-0.39, 0.29) is 11.4 Å². The van der Waals surface area contributed by atoms with Crippen molar-refractivity contribution in [3.8, 4) is 0 Å². The van der Waals surface area contributed by atoms with Crippen molar-refractivity contribution >= 4 is 11.3 Å². The molecule has 1 aromatic carbocycles. The fourth-order valence-electron chi connectivity index (χ4n) is 2.37. The third-order valence-electron chi connectivity index (χ3n) is 3.48. The van der Waals surface area contributed by atoms with E-state index < -0.39 is 0 Å². The minimum atomic E-state index is -0.185. The van der Waals surface area contributed by atoms with Crippen molar-refractivity contribution in [2.45, 2.75) is 37.8 Å². The highest BCUT2D eigenvalue weighted by Gasteiger charge is 2.35. The van der Waals surface area contributed by atoms with Crippen LogP contribution in [0.1, 0.15) is 30.3 Å². The summed E-state index contributed by atoms with van der Waals surface area (Å²) in [6.45, 7) is 2.19. The third kappa shape index (κ3) is 3.01. The van der Waals surface area contributed by atoms with Crippen LogP contribution in [0.2, 0.25) is 0 Å². The number of nitrogens with zero attached hydrogens (tertiary/aromatic N) is 1. The molecular weight excluding hydrogens is 259 g/mol. The number of thiazole rings is 1. The van der Waals surface area contributed by atoms with Crippen molar-refractivity contribution in [3.63, 3.8) is 0 Å². The van der Waals surface area contributed by atoms with E-state index in [0.29, 0.717) is 6.04 Å². The van der Waals surface area contributed by atoms with E-state index in [9.17, 15) is 4.39 Å². The molecule has 1 aromatic heterocycles. The molecule has 1 aliphatic rings. The molecule has 0 bridgehead atoms. The summed E-state index contributed by atoms with van der Waals surface area (Å²) in [6, 6.07) is 7.36. The number of benzene rings is 1. The van der Waals surface area contributed by atoms with E-state index in [2.05, 4.69) is 17.2 Å². The summed E-state index contributed by atoms with van der Waals surface area (Å²) < 4.78 is 13.0. The summed E-state index contributed by atoms with van der Waals surface area (Å²) in [5.74, 6) is -0.185. The summed E-state index contributed by atoms with van der Waals surface area (Å²) >= 11 is 1.67. The highest BCUT2D eigenvalue weighted by molar-refractivity contribution is 7.09. The van der Waals surface area contributed by atoms with Crippen molar-refractivity contribution in [1.82, 2.24) is 10.3 Å². The largest absolute Gasteiger partial charge is 0.303 e. The molecule has 2 aromatic rings. The molecule has 3 rings (SSSR count). The van der Waals surface area contributed by atoms with Crippen LogP contribution in [-0.4, -0.2) is 11.0 Å². The lowest BCUT2D eigenvalue weighted by atomic mass is 9.93. The number of hydrogen-bond donors (Lipinski definition) is 1. The van der Waals surface area contributed by atoms with Crippen molar-refractivity contribution in [1.29, 1.82) is 0 Å². The molecule has 0 saturated heterocycles. The highest BCUT2D eigenvalue weighted by atomic mass is 32.1. The second-order valence-electron chi connectivity index (χ2n) is 5.39. The maximum absolute atomic E-state index is 13.0. The van der Waals surface area contributed by atoms with Gasteiger partial charge in [0.15, 0.2) is 0 Å². The molecule has 2 nitrogen and oxygen atoms in total. The van der Waals surface area contributed by atoms with Gasteiger partial charge in [-0.2, -0.15) is 0 Å². The molecule has 1 N–H and O–H groups in total. The number of nitrogens with one attached hydrogen (secondary N) is 1. The minimum absolute atomic E-state index is 0.160. The Hall–Kier alpha value is -1.26. The van der Waals surface area contributed by atoms with Crippen LogP contribution in [0.25, 0.3) is 0 Å². The topological polar surface area (TPSA) is 24.9 Å². The zero-order valence-corrected chi connectivity index (χ0v) is 11.7. The molecule has 0 spiro atoms. The minimum Gasteiger partial charge on any atom is -0.303 e. The first kappa shape index (κ1) is 12.8. The Bertz CT molecular complexity index is 534. The quantitative estimate of drug-likeness (QED) is 0.904. The predicted molar refractivity (Wildman–Crippen MR) is 75.7 cm³/mol. The van der Waals surface area contributed by atoms with Crippen LogP contribution in [0.4, 0.5) is 4.39 Å². The lowest BCUT2D eigenvalue weighted by molar-refractivity contribution is 0.358. The van der Waals surface area contributed by atoms with Gasteiger partial charge in [0.05, 0.1) is 5.54 Å². The first-order valence-electron chi connectivity index (χ1n) is 6.58. The molecule has 1 unspecified atom stereocenters. The van der Waals surface area contributed by atoms with E-state index in [1.165, 1.54) is 25.0 Å². The molecule has 1 saturated carbocycles. The Labute approximate surface area is 116 Å². The van der Waals surface area contributed by atoms with Gasteiger partial charge in [-0.15, -0.1) is 11.3 Å². The van der Waals surface area contributed by atoms with Gasteiger partial charge in [-0.3, -0.25) is 0 Å². The number of hydrogen-bond acceptors (Lipinski definition) is 3. The van der Waals surface area contributed by atoms with Gasteiger partial charge < -0.3 is 5.32 Å². The highest BCUT2D eigenvalue weighted by Crippen LogP contribution is 2.32.